The number of allylic oxidation sites excluding steroid dienone is 6. The van der Waals surface area contributed by atoms with Gasteiger partial charge in [0.05, 0.1) is 19.8 Å². The van der Waals surface area contributed by atoms with E-state index in [1.54, 1.807) is 0 Å². The highest BCUT2D eigenvalue weighted by Gasteiger charge is 2.28. The van der Waals surface area contributed by atoms with Crippen LogP contribution >= 0.6 is 7.82 Å². The Hall–Kier alpha value is -2.30. The molecule has 0 saturated heterocycles. The van der Waals surface area contributed by atoms with Crippen LogP contribution < -0.4 is 0 Å². The molecule has 11 nitrogen and oxygen atoms in total. The van der Waals surface area contributed by atoms with Crippen LogP contribution in [0.3, 0.4) is 0 Å². The molecule has 68 heavy (non-hydrogen) atoms. The number of phosphoric acid groups is 1. The number of carbonyl (C=O) groups is 3. The number of carbonyl (C=O) groups excluding carboxylic acids is 3. The number of phosphoric ester groups is 1. The lowest BCUT2D eigenvalue weighted by Crippen LogP contribution is -2.30. The summed E-state index contributed by atoms with van der Waals surface area (Å²) < 4.78 is 39.4. The van der Waals surface area contributed by atoms with Gasteiger partial charge in [0.2, 0.25) is 0 Å². The fourth-order valence-corrected chi connectivity index (χ4v) is 8.50. The molecule has 12 heteroatoms. The number of ether oxygens (including phenoxy) is 3. The monoisotopic (exact) mass is 983 g/mol. The summed E-state index contributed by atoms with van der Waals surface area (Å²) in [5, 5.41) is 9.77. The molecule has 0 bridgehead atoms. The maximum absolute atomic E-state index is 12.9. The number of aliphatic hydroxyl groups is 1. The highest BCUT2D eigenvalue weighted by Crippen LogP contribution is 2.43. The molecular formula is C56H103O11P. The van der Waals surface area contributed by atoms with Crippen LogP contribution in [-0.4, -0.2) is 66.5 Å². The van der Waals surface area contributed by atoms with Crippen LogP contribution in [0.25, 0.3) is 0 Å². The van der Waals surface area contributed by atoms with Crippen LogP contribution in [0.5, 0.6) is 0 Å². The molecule has 0 aliphatic heterocycles. The predicted octanol–water partition coefficient (Wildman–Crippen LogP) is 16.0. The van der Waals surface area contributed by atoms with Crippen molar-refractivity contribution in [1.29, 1.82) is 0 Å². The van der Waals surface area contributed by atoms with E-state index in [9.17, 15) is 28.9 Å². The van der Waals surface area contributed by atoms with E-state index in [1.165, 1.54) is 103 Å². The SMILES string of the molecule is CCCC/C=C\CCCCCCCC(=O)OC(CO)COP(=O)(O)OCC(COC(=O)CCCCCCC/C=C\C/C=C\CCCCC)OC(=O)CCCCCCCCCCCCCCCCC. The van der Waals surface area contributed by atoms with Gasteiger partial charge in [-0.05, 0) is 70.6 Å². The molecule has 0 aromatic rings. The van der Waals surface area contributed by atoms with E-state index in [1.807, 2.05) is 0 Å². The van der Waals surface area contributed by atoms with Gasteiger partial charge in [0, 0.05) is 19.3 Å². The summed E-state index contributed by atoms with van der Waals surface area (Å²) in [6, 6.07) is 0. The molecule has 0 rings (SSSR count). The Kier molecular flexibility index (Phi) is 49.3. The Bertz CT molecular complexity index is 1280. The van der Waals surface area contributed by atoms with Gasteiger partial charge >= 0.3 is 25.7 Å². The molecule has 2 N–H and O–H groups in total. The fraction of sp³-hybridized carbons (Fsp3) is 0.839. The summed E-state index contributed by atoms with van der Waals surface area (Å²) >= 11 is 0. The van der Waals surface area contributed by atoms with Gasteiger partial charge in [0.1, 0.15) is 12.7 Å². The summed E-state index contributed by atoms with van der Waals surface area (Å²) in [5.74, 6) is -1.47. The molecule has 0 saturated carbocycles. The van der Waals surface area contributed by atoms with E-state index in [0.29, 0.717) is 19.3 Å². The topological polar surface area (TPSA) is 155 Å². The van der Waals surface area contributed by atoms with Crippen molar-refractivity contribution in [1.82, 2.24) is 0 Å². The minimum atomic E-state index is -4.74. The zero-order valence-electron chi connectivity index (χ0n) is 43.8. The zero-order chi connectivity index (χ0) is 49.9. The van der Waals surface area contributed by atoms with E-state index in [2.05, 4.69) is 57.2 Å². The van der Waals surface area contributed by atoms with Crippen LogP contribution in [0.4, 0.5) is 0 Å². The Labute approximate surface area is 416 Å². The molecule has 0 radical (unpaired) electrons. The standard InChI is InChI=1S/C56H103O11P/c1-4-7-10-13-16-19-22-24-26-28-31-33-36-39-42-45-54(58)63-49-53(67-56(60)47-44-41-38-35-32-29-27-25-23-20-17-14-11-8-5-2)51-65-68(61,62)64-50-52(48-57)66-55(59)46-43-40-37-34-30-21-18-15-12-9-6-3/h15-16,18-19,24,26,52-53,57H,4-14,17,20-23,25,27-51H2,1-3H3,(H,61,62)/b18-15-,19-16-,26-24-. The smallest absolute Gasteiger partial charge is 0.462 e. The van der Waals surface area contributed by atoms with Gasteiger partial charge in [0.15, 0.2) is 6.10 Å². The van der Waals surface area contributed by atoms with Crippen LogP contribution in [0.1, 0.15) is 265 Å². The third-order valence-corrected chi connectivity index (χ3v) is 13.0. The van der Waals surface area contributed by atoms with Crippen LogP contribution in [0.2, 0.25) is 0 Å². The summed E-state index contributed by atoms with van der Waals surface area (Å²) in [7, 11) is -4.74. The van der Waals surface area contributed by atoms with Crippen LogP contribution in [0.15, 0.2) is 36.5 Å². The maximum Gasteiger partial charge on any atom is 0.472 e. The fourth-order valence-electron chi connectivity index (χ4n) is 7.72. The first-order valence-electron chi connectivity index (χ1n) is 27.9. The first-order valence-corrected chi connectivity index (χ1v) is 29.4. The molecule has 0 spiro atoms. The van der Waals surface area contributed by atoms with Gasteiger partial charge in [-0.25, -0.2) is 4.57 Å². The molecule has 0 aromatic carbocycles. The van der Waals surface area contributed by atoms with E-state index in [4.69, 9.17) is 23.3 Å². The van der Waals surface area contributed by atoms with Gasteiger partial charge in [-0.3, -0.25) is 23.4 Å². The van der Waals surface area contributed by atoms with E-state index < -0.39 is 57.8 Å². The molecule has 0 fully saturated rings. The number of esters is 3. The van der Waals surface area contributed by atoms with E-state index in [-0.39, 0.29) is 25.9 Å². The van der Waals surface area contributed by atoms with Crippen molar-refractivity contribution >= 4 is 25.7 Å². The van der Waals surface area contributed by atoms with Gasteiger partial charge in [-0.1, -0.05) is 211 Å². The largest absolute Gasteiger partial charge is 0.472 e. The average molecular weight is 983 g/mol. The minimum Gasteiger partial charge on any atom is -0.462 e. The number of unbranched alkanes of at least 4 members (excludes halogenated alkanes) is 29. The predicted molar refractivity (Wildman–Crippen MR) is 279 cm³/mol. The van der Waals surface area contributed by atoms with E-state index >= 15 is 0 Å². The normalized spacial score (nSPS) is 13.7. The van der Waals surface area contributed by atoms with Crippen LogP contribution in [0, 0.1) is 0 Å². The molecule has 0 amide bonds. The summed E-state index contributed by atoms with van der Waals surface area (Å²) in [4.78, 5) is 48.4. The first-order chi connectivity index (χ1) is 33.2. The Balaban J connectivity index is 4.74. The number of aliphatic hydroxyl groups excluding tert-OH is 1. The number of rotatable bonds is 52. The molecule has 3 atom stereocenters. The lowest BCUT2D eigenvalue weighted by Gasteiger charge is -2.21. The van der Waals surface area contributed by atoms with Crippen molar-refractivity contribution in [3.63, 3.8) is 0 Å². The molecule has 3 unspecified atom stereocenters. The second kappa shape index (κ2) is 51.1. The van der Waals surface area contributed by atoms with Crippen molar-refractivity contribution in [2.24, 2.45) is 0 Å². The zero-order valence-corrected chi connectivity index (χ0v) is 44.7. The molecule has 0 aromatic heterocycles. The van der Waals surface area contributed by atoms with Gasteiger partial charge in [-0.15, -0.1) is 0 Å². The third kappa shape index (κ3) is 48.7. The summed E-state index contributed by atoms with van der Waals surface area (Å²) in [6.45, 7) is 4.58. The average Bonchev–Trinajstić information content (AvgIpc) is 3.32. The van der Waals surface area contributed by atoms with Crippen LogP contribution in [-0.2, 0) is 42.2 Å². The Morgan fingerprint density at radius 2 is 0.735 bits per heavy atom. The maximum atomic E-state index is 12.9. The van der Waals surface area contributed by atoms with Gasteiger partial charge in [-0.2, -0.15) is 0 Å². The minimum absolute atomic E-state index is 0.168. The lowest BCUT2D eigenvalue weighted by atomic mass is 10.0. The van der Waals surface area contributed by atoms with Crippen molar-refractivity contribution in [2.75, 3.05) is 26.4 Å². The number of hydrogen-bond acceptors (Lipinski definition) is 10. The quantitative estimate of drug-likeness (QED) is 0.0197. The summed E-state index contributed by atoms with van der Waals surface area (Å²) in [5.41, 5.74) is 0. The Morgan fingerprint density at radius 3 is 1.18 bits per heavy atom. The second-order valence-electron chi connectivity index (χ2n) is 18.7. The molecular weight excluding hydrogens is 880 g/mol. The third-order valence-electron chi connectivity index (χ3n) is 12.0. The summed E-state index contributed by atoms with van der Waals surface area (Å²) in [6.07, 6.45) is 51.0. The highest BCUT2D eigenvalue weighted by molar-refractivity contribution is 7.47. The first kappa shape index (κ1) is 65.7. The highest BCUT2D eigenvalue weighted by atomic mass is 31.2. The molecule has 0 aliphatic carbocycles. The lowest BCUT2D eigenvalue weighted by molar-refractivity contribution is -0.161. The molecule has 0 heterocycles. The molecule has 398 valence electrons. The molecule has 0 aliphatic rings. The van der Waals surface area contributed by atoms with Crippen molar-refractivity contribution in [3.05, 3.63) is 36.5 Å². The van der Waals surface area contributed by atoms with Gasteiger partial charge in [0.25, 0.3) is 0 Å². The van der Waals surface area contributed by atoms with E-state index in [0.717, 1.165) is 103 Å². The van der Waals surface area contributed by atoms with Crippen molar-refractivity contribution in [2.45, 2.75) is 277 Å². The second-order valence-corrected chi connectivity index (χ2v) is 20.2. The van der Waals surface area contributed by atoms with Crippen molar-refractivity contribution < 1.29 is 52.2 Å². The van der Waals surface area contributed by atoms with Gasteiger partial charge < -0.3 is 24.2 Å². The Morgan fingerprint density at radius 1 is 0.412 bits per heavy atom. The van der Waals surface area contributed by atoms with Crippen molar-refractivity contribution in [3.8, 4) is 0 Å². The number of hydrogen-bond donors (Lipinski definition) is 2.